The molecule has 2 atom stereocenters. The molecule has 1 fully saturated rings. The van der Waals surface area contributed by atoms with Crippen molar-refractivity contribution in [2.45, 2.75) is 37.8 Å². The summed E-state index contributed by atoms with van der Waals surface area (Å²) in [5.41, 5.74) is 3.22. The molecule has 27 heavy (non-hydrogen) atoms. The molecular formula is C19H27FN3O2S2+. The van der Waals surface area contributed by atoms with Gasteiger partial charge in [0.25, 0.3) is 0 Å². The lowest BCUT2D eigenvalue weighted by molar-refractivity contribution is -0.891. The minimum atomic E-state index is -2.93. The van der Waals surface area contributed by atoms with Crippen LogP contribution in [0, 0.1) is 19.7 Å². The zero-order valence-electron chi connectivity index (χ0n) is 16.0. The number of quaternary nitrogens is 1. The van der Waals surface area contributed by atoms with E-state index in [4.69, 9.17) is 0 Å². The van der Waals surface area contributed by atoms with Gasteiger partial charge in [-0.2, -0.15) is 5.10 Å². The van der Waals surface area contributed by atoms with E-state index >= 15 is 0 Å². The highest BCUT2D eigenvalue weighted by molar-refractivity contribution is 7.99. The number of aryl methyl sites for hydroxylation is 1. The molecule has 2 heterocycles. The van der Waals surface area contributed by atoms with Crippen molar-refractivity contribution >= 4 is 21.6 Å². The Balaban J connectivity index is 1.59. The second-order valence-corrected chi connectivity index (χ2v) is 10.7. The molecule has 148 valence electrons. The van der Waals surface area contributed by atoms with E-state index in [9.17, 15) is 12.8 Å². The van der Waals surface area contributed by atoms with Gasteiger partial charge in [-0.15, -0.1) is 11.8 Å². The van der Waals surface area contributed by atoms with Crippen LogP contribution < -0.4 is 4.90 Å². The molecule has 8 heteroatoms. The normalized spacial score (nSPS) is 20.1. The van der Waals surface area contributed by atoms with Crippen molar-refractivity contribution in [1.29, 1.82) is 0 Å². The number of sulfone groups is 1. The van der Waals surface area contributed by atoms with Gasteiger partial charge >= 0.3 is 0 Å². The van der Waals surface area contributed by atoms with Crippen LogP contribution in [0.2, 0.25) is 0 Å². The molecule has 2 aromatic rings. The van der Waals surface area contributed by atoms with E-state index in [1.54, 1.807) is 6.07 Å². The van der Waals surface area contributed by atoms with Crippen molar-refractivity contribution in [3.05, 3.63) is 47.0 Å². The molecule has 0 amide bonds. The molecule has 1 aromatic carbocycles. The van der Waals surface area contributed by atoms with Crippen molar-refractivity contribution in [2.75, 3.05) is 30.9 Å². The zero-order chi connectivity index (χ0) is 19.6. The Morgan fingerprint density at radius 2 is 2.07 bits per heavy atom. The number of rotatable bonds is 7. The monoisotopic (exact) mass is 412 g/mol. The summed E-state index contributed by atoms with van der Waals surface area (Å²) in [6, 6.07) is 6.81. The number of nitrogens with one attached hydrogen (secondary N) is 1. The van der Waals surface area contributed by atoms with Gasteiger partial charge in [0.2, 0.25) is 0 Å². The number of aromatic nitrogens is 2. The largest absolute Gasteiger partial charge is 0.333 e. The number of benzene rings is 1. The van der Waals surface area contributed by atoms with Crippen molar-refractivity contribution in [2.24, 2.45) is 0 Å². The Kier molecular flexibility index (Phi) is 6.28. The third-order valence-electron chi connectivity index (χ3n) is 5.13. The minimum absolute atomic E-state index is 0.0423. The first-order chi connectivity index (χ1) is 12.8. The number of halogens is 1. The van der Waals surface area contributed by atoms with Crippen LogP contribution in [0.5, 0.6) is 0 Å². The first kappa shape index (κ1) is 20.4. The average molecular weight is 413 g/mol. The summed E-state index contributed by atoms with van der Waals surface area (Å²) in [7, 11) is -0.805. The second-order valence-electron chi connectivity index (χ2n) is 7.31. The summed E-state index contributed by atoms with van der Waals surface area (Å²) in [6.07, 6.45) is 0.645. The van der Waals surface area contributed by atoms with E-state index in [1.807, 2.05) is 30.7 Å². The van der Waals surface area contributed by atoms with E-state index in [-0.39, 0.29) is 23.4 Å². The predicted molar refractivity (Wildman–Crippen MR) is 107 cm³/mol. The number of hydrogen-bond donors (Lipinski definition) is 1. The van der Waals surface area contributed by atoms with Crippen molar-refractivity contribution in [3.8, 4) is 0 Å². The maximum absolute atomic E-state index is 13.7. The van der Waals surface area contributed by atoms with Gasteiger partial charge in [-0.1, -0.05) is 12.1 Å². The van der Waals surface area contributed by atoms with Crippen LogP contribution in [0.1, 0.15) is 29.4 Å². The Bertz CT molecular complexity index is 912. The first-order valence-electron chi connectivity index (χ1n) is 9.20. The lowest BCUT2D eigenvalue weighted by atomic mass is 10.1. The zero-order valence-corrected chi connectivity index (χ0v) is 17.7. The summed E-state index contributed by atoms with van der Waals surface area (Å²) in [5, 5.41) is 4.63. The van der Waals surface area contributed by atoms with Gasteiger partial charge in [-0.25, -0.2) is 12.8 Å². The van der Waals surface area contributed by atoms with Crippen LogP contribution in [-0.2, 0) is 16.4 Å². The highest BCUT2D eigenvalue weighted by Gasteiger charge is 2.31. The summed E-state index contributed by atoms with van der Waals surface area (Å²) >= 11 is 1.54. The molecular weight excluding hydrogens is 385 g/mol. The van der Waals surface area contributed by atoms with Gasteiger partial charge < -0.3 is 4.90 Å². The maximum atomic E-state index is 13.7. The molecule has 0 spiro atoms. The quantitative estimate of drug-likeness (QED) is 0.705. The summed E-state index contributed by atoms with van der Waals surface area (Å²) in [5.74, 6) is 1.11. The highest BCUT2D eigenvalue weighted by atomic mass is 32.2. The van der Waals surface area contributed by atoms with Gasteiger partial charge in [0, 0.05) is 16.3 Å². The lowest BCUT2D eigenvalue weighted by Gasteiger charge is -2.15. The summed E-state index contributed by atoms with van der Waals surface area (Å²) in [6.45, 7) is 5.75. The van der Waals surface area contributed by atoms with E-state index in [0.717, 1.165) is 30.2 Å². The molecule has 1 aromatic heterocycles. The van der Waals surface area contributed by atoms with Crippen LogP contribution in [-0.4, -0.2) is 49.0 Å². The summed E-state index contributed by atoms with van der Waals surface area (Å²) in [4.78, 5) is 2.01. The van der Waals surface area contributed by atoms with Crippen LogP contribution in [0.25, 0.3) is 0 Å². The smallest absolute Gasteiger partial charge is 0.152 e. The molecule has 5 nitrogen and oxygen atoms in total. The standard InChI is InChI=1S/C19H26FN3O2S2/c1-14-17(15(2)23(21-14)16-8-11-27(24,25)13-16)12-22(3)9-10-26-19-7-5-4-6-18(19)20/h4-7,16H,8-13H2,1-3H3/p+1/t16-/m0/s1. The van der Waals surface area contributed by atoms with E-state index in [0.29, 0.717) is 11.3 Å². The Morgan fingerprint density at radius 3 is 2.74 bits per heavy atom. The Labute approximate surface area is 164 Å². The van der Waals surface area contributed by atoms with Crippen LogP contribution in [0.4, 0.5) is 4.39 Å². The van der Waals surface area contributed by atoms with Crippen molar-refractivity contribution in [1.82, 2.24) is 9.78 Å². The van der Waals surface area contributed by atoms with E-state index in [2.05, 4.69) is 12.1 Å². The molecule has 1 unspecified atom stereocenters. The highest BCUT2D eigenvalue weighted by Crippen LogP contribution is 2.26. The van der Waals surface area contributed by atoms with Crippen LogP contribution >= 0.6 is 11.8 Å². The van der Waals surface area contributed by atoms with Gasteiger partial charge in [0.15, 0.2) is 9.84 Å². The third-order valence-corrected chi connectivity index (χ3v) is 7.93. The number of nitrogens with zero attached hydrogens (tertiary/aromatic N) is 2. The molecule has 3 rings (SSSR count). The minimum Gasteiger partial charge on any atom is -0.333 e. The molecule has 1 N–H and O–H groups in total. The van der Waals surface area contributed by atoms with Gasteiger partial charge in [0.05, 0.1) is 42.4 Å². The van der Waals surface area contributed by atoms with Gasteiger partial charge in [-0.3, -0.25) is 4.68 Å². The van der Waals surface area contributed by atoms with Crippen molar-refractivity contribution < 1.29 is 17.7 Å². The molecule has 1 aliphatic rings. The van der Waals surface area contributed by atoms with Gasteiger partial charge in [0.1, 0.15) is 12.4 Å². The summed E-state index contributed by atoms with van der Waals surface area (Å²) < 4.78 is 39.2. The molecule has 0 aliphatic carbocycles. The maximum Gasteiger partial charge on any atom is 0.152 e. The fourth-order valence-corrected chi connectivity index (χ4v) is 6.31. The predicted octanol–water partition coefficient (Wildman–Crippen LogP) is 1.81. The molecule has 1 aliphatic heterocycles. The van der Waals surface area contributed by atoms with E-state index < -0.39 is 9.84 Å². The molecule has 0 bridgehead atoms. The van der Waals surface area contributed by atoms with Crippen LogP contribution in [0.15, 0.2) is 29.2 Å². The molecule has 0 saturated carbocycles. The topological polar surface area (TPSA) is 56.4 Å². The molecule has 1 saturated heterocycles. The Morgan fingerprint density at radius 1 is 1.33 bits per heavy atom. The Hall–Kier alpha value is -1.38. The third kappa shape index (κ3) is 4.92. The van der Waals surface area contributed by atoms with Gasteiger partial charge in [-0.05, 0) is 32.4 Å². The first-order valence-corrected chi connectivity index (χ1v) is 12.0. The molecule has 0 radical (unpaired) electrons. The fraction of sp³-hybridized carbons (Fsp3) is 0.526. The number of thioether (sulfide) groups is 1. The second kappa shape index (κ2) is 8.32. The van der Waals surface area contributed by atoms with E-state index in [1.165, 1.54) is 28.3 Å². The van der Waals surface area contributed by atoms with Crippen LogP contribution in [0.3, 0.4) is 0 Å². The average Bonchev–Trinajstić information content (AvgIpc) is 3.10. The van der Waals surface area contributed by atoms with Crippen molar-refractivity contribution in [3.63, 3.8) is 0 Å². The SMILES string of the molecule is Cc1nn([C@H]2CCS(=O)(=O)C2)c(C)c1C[NH+](C)CCSc1ccccc1F. The number of hydrogen-bond acceptors (Lipinski definition) is 4. The fourth-order valence-electron chi connectivity index (χ4n) is 3.56. The lowest BCUT2D eigenvalue weighted by Crippen LogP contribution is -3.08.